The van der Waals surface area contributed by atoms with Crippen LogP contribution in [0.2, 0.25) is 5.02 Å². The van der Waals surface area contributed by atoms with Crippen molar-refractivity contribution in [3.63, 3.8) is 0 Å². The van der Waals surface area contributed by atoms with Gasteiger partial charge >= 0.3 is 0 Å². The van der Waals surface area contributed by atoms with E-state index in [0.717, 1.165) is 32.4 Å². The fourth-order valence-corrected chi connectivity index (χ4v) is 3.17. The topological polar surface area (TPSA) is 29.5 Å². The van der Waals surface area contributed by atoms with Gasteiger partial charge in [-0.05, 0) is 58.0 Å². The number of aliphatic hydroxyl groups excluding tert-OH is 1. The molecule has 0 radical (unpaired) electrons. The third-order valence-electron chi connectivity index (χ3n) is 3.24. The first-order valence-corrected chi connectivity index (χ1v) is 7.49. The monoisotopic (exact) mass is 386 g/mol. The van der Waals surface area contributed by atoms with E-state index in [1.54, 1.807) is 6.07 Å². The van der Waals surface area contributed by atoms with Gasteiger partial charge in [0.2, 0.25) is 0 Å². The van der Waals surface area contributed by atoms with E-state index < -0.39 is 6.10 Å². The molecule has 0 saturated heterocycles. The molecular weight excluding hydrogens is 375 g/mol. The molecule has 19 heavy (non-hydrogen) atoms. The van der Waals surface area contributed by atoms with Crippen LogP contribution in [0.25, 0.3) is 0 Å². The standard InChI is InChI=1S/C15H12ClIO2/c16-11-6-10-4-5-19-15(10)13(8-11)14(18)9-2-1-3-12(17)7-9/h1-3,6-8,14,18H,4-5H2. The van der Waals surface area contributed by atoms with E-state index in [0.29, 0.717) is 11.6 Å². The Kier molecular flexibility index (Phi) is 3.69. The molecule has 3 rings (SSSR count). The van der Waals surface area contributed by atoms with Gasteiger partial charge in [0, 0.05) is 20.6 Å². The van der Waals surface area contributed by atoms with Gasteiger partial charge in [0.05, 0.1) is 6.61 Å². The molecule has 0 fully saturated rings. The molecule has 1 aliphatic heterocycles. The van der Waals surface area contributed by atoms with Crippen LogP contribution in [0.4, 0.5) is 0 Å². The Bertz CT molecular complexity index is 628. The van der Waals surface area contributed by atoms with Crippen molar-refractivity contribution < 1.29 is 9.84 Å². The van der Waals surface area contributed by atoms with Gasteiger partial charge in [-0.15, -0.1) is 0 Å². The van der Waals surface area contributed by atoms with E-state index in [2.05, 4.69) is 22.6 Å². The van der Waals surface area contributed by atoms with Crippen molar-refractivity contribution in [3.8, 4) is 5.75 Å². The van der Waals surface area contributed by atoms with Crippen LogP contribution in [-0.2, 0) is 6.42 Å². The number of benzene rings is 2. The summed E-state index contributed by atoms with van der Waals surface area (Å²) >= 11 is 8.36. The fourth-order valence-electron chi connectivity index (χ4n) is 2.36. The van der Waals surface area contributed by atoms with E-state index >= 15 is 0 Å². The molecule has 2 aromatic rings. The molecule has 0 aromatic heterocycles. The molecule has 0 aliphatic carbocycles. The van der Waals surface area contributed by atoms with Crippen LogP contribution in [0.15, 0.2) is 36.4 Å². The summed E-state index contributed by atoms with van der Waals surface area (Å²) in [6, 6.07) is 11.5. The molecular formula is C15H12ClIO2. The first kappa shape index (κ1) is 13.2. The fraction of sp³-hybridized carbons (Fsp3) is 0.200. The predicted octanol–water partition coefficient (Wildman–Crippen LogP) is 3.96. The summed E-state index contributed by atoms with van der Waals surface area (Å²) < 4.78 is 6.73. The number of halogens is 2. The van der Waals surface area contributed by atoms with Crippen LogP contribution in [0, 0.1) is 3.57 Å². The van der Waals surface area contributed by atoms with Crippen molar-refractivity contribution in [2.24, 2.45) is 0 Å². The molecule has 0 saturated carbocycles. The average molecular weight is 387 g/mol. The highest BCUT2D eigenvalue weighted by Crippen LogP contribution is 2.38. The molecule has 1 N–H and O–H groups in total. The minimum Gasteiger partial charge on any atom is -0.493 e. The van der Waals surface area contributed by atoms with Crippen LogP contribution < -0.4 is 4.74 Å². The summed E-state index contributed by atoms with van der Waals surface area (Å²) in [5.41, 5.74) is 2.68. The first-order valence-electron chi connectivity index (χ1n) is 6.04. The predicted molar refractivity (Wildman–Crippen MR) is 83.9 cm³/mol. The van der Waals surface area contributed by atoms with Gasteiger partial charge in [0.25, 0.3) is 0 Å². The quantitative estimate of drug-likeness (QED) is 0.792. The third kappa shape index (κ3) is 2.59. The normalized spacial score (nSPS) is 14.9. The largest absolute Gasteiger partial charge is 0.493 e. The van der Waals surface area contributed by atoms with E-state index in [1.807, 2.05) is 30.3 Å². The molecule has 1 heterocycles. The molecule has 0 bridgehead atoms. The Labute approximate surface area is 130 Å². The summed E-state index contributed by atoms with van der Waals surface area (Å²) in [5, 5.41) is 11.2. The number of hydrogen-bond acceptors (Lipinski definition) is 2. The van der Waals surface area contributed by atoms with E-state index in [4.69, 9.17) is 16.3 Å². The zero-order chi connectivity index (χ0) is 13.4. The second-order valence-electron chi connectivity index (χ2n) is 4.54. The Morgan fingerprint density at radius 2 is 2.11 bits per heavy atom. The zero-order valence-corrected chi connectivity index (χ0v) is 13.0. The molecule has 1 unspecified atom stereocenters. The Morgan fingerprint density at radius 1 is 1.26 bits per heavy atom. The van der Waals surface area contributed by atoms with Crippen LogP contribution in [0.5, 0.6) is 5.75 Å². The van der Waals surface area contributed by atoms with Crippen LogP contribution in [0.1, 0.15) is 22.8 Å². The number of rotatable bonds is 2. The van der Waals surface area contributed by atoms with Crippen molar-refractivity contribution >= 4 is 34.2 Å². The van der Waals surface area contributed by atoms with Crippen molar-refractivity contribution in [2.45, 2.75) is 12.5 Å². The number of aliphatic hydroxyl groups is 1. The van der Waals surface area contributed by atoms with Crippen LogP contribution >= 0.6 is 34.2 Å². The summed E-state index contributed by atoms with van der Waals surface area (Å²) in [7, 11) is 0. The van der Waals surface area contributed by atoms with Crippen molar-refractivity contribution in [3.05, 3.63) is 61.7 Å². The highest BCUT2D eigenvalue weighted by atomic mass is 127. The van der Waals surface area contributed by atoms with Crippen LogP contribution in [-0.4, -0.2) is 11.7 Å². The molecule has 2 nitrogen and oxygen atoms in total. The molecule has 1 atom stereocenters. The van der Waals surface area contributed by atoms with Gasteiger partial charge in [-0.1, -0.05) is 23.7 Å². The summed E-state index contributed by atoms with van der Waals surface area (Å²) in [6.45, 7) is 0.654. The lowest BCUT2D eigenvalue weighted by Crippen LogP contribution is -2.02. The summed E-state index contributed by atoms with van der Waals surface area (Å²) in [4.78, 5) is 0. The summed E-state index contributed by atoms with van der Waals surface area (Å²) in [6.07, 6.45) is 0.141. The SMILES string of the molecule is OC(c1cccc(I)c1)c1cc(Cl)cc2c1OCC2. The van der Waals surface area contributed by atoms with Crippen molar-refractivity contribution in [1.29, 1.82) is 0 Å². The van der Waals surface area contributed by atoms with Gasteiger partial charge in [0.15, 0.2) is 0 Å². The van der Waals surface area contributed by atoms with Crippen LogP contribution in [0.3, 0.4) is 0 Å². The third-order valence-corrected chi connectivity index (χ3v) is 4.13. The highest BCUT2D eigenvalue weighted by molar-refractivity contribution is 14.1. The Morgan fingerprint density at radius 3 is 2.89 bits per heavy atom. The van der Waals surface area contributed by atoms with E-state index in [9.17, 15) is 5.11 Å². The van der Waals surface area contributed by atoms with Gasteiger partial charge in [0.1, 0.15) is 11.9 Å². The maximum atomic E-state index is 10.6. The lowest BCUT2D eigenvalue weighted by molar-refractivity contribution is 0.213. The lowest BCUT2D eigenvalue weighted by Gasteiger charge is -2.16. The highest BCUT2D eigenvalue weighted by Gasteiger charge is 2.23. The molecule has 2 aromatic carbocycles. The molecule has 98 valence electrons. The molecule has 0 spiro atoms. The molecule has 1 aliphatic rings. The van der Waals surface area contributed by atoms with Crippen molar-refractivity contribution in [1.82, 2.24) is 0 Å². The van der Waals surface area contributed by atoms with Crippen molar-refractivity contribution in [2.75, 3.05) is 6.61 Å². The summed E-state index contributed by atoms with van der Waals surface area (Å²) in [5.74, 6) is 0.788. The second kappa shape index (κ2) is 5.31. The van der Waals surface area contributed by atoms with E-state index in [-0.39, 0.29) is 0 Å². The van der Waals surface area contributed by atoms with Gasteiger partial charge in [-0.3, -0.25) is 0 Å². The maximum Gasteiger partial charge on any atom is 0.128 e. The smallest absolute Gasteiger partial charge is 0.128 e. The lowest BCUT2D eigenvalue weighted by atomic mass is 9.98. The number of fused-ring (bicyclic) bond motifs is 1. The second-order valence-corrected chi connectivity index (χ2v) is 6.22. The van der Waals surface area contributed by atoms with Gasteiger partial charge in [-0.2, -0.15) is 0 Å². The maximum absolute atomic E-state index is 10.6. The minimum absolute atomic E-state index is 0.643. The number of ether oxygens (including phenoxy) is 1. The first-order chi connectivity index (χ1) is 9.15. The molecule has 0 amide bonds. The Balaban J connectivity index is 2.07. The van der Waals surface area contributed by atoms with Gasteiger partial charge in [-0.25, -0.2) is 0 Å². The van der Waals surface area contributed by atoms with E-state index in [1.165, 1.54) is 0 Å². The molecule has 4 heteroatoms. The number of hydrogen-bond donors (Lipinski definition) is 1. The zero-order valence-electron chi connectivity index (χ0n) is 10.1. The Hall–Kier alpha value is -0.780. The average Bonchev–Trinajstić information content (AvgIpc) is 2.85. The minimum atomic E-state index is -0.708. The van der Waals surface area contributed by atoms with Gasteiger partial charge < -0.3 is 9.84 Å².